The number of hydrogen-bond donors (Lipinski definition) is 2. The Labute approximate surface area is 161 Å². The molecule has 1 aliphatic rings. The number of fused-ring (bicyclic) bond motifs is 1. The number of terminal acetylenes is 1. The van der Waals surface area contributed by atoms with Crippen molar-refractivity contribution in [1.82, 2.24) is 24.4 Å². The van der Waals surface area contributed by atoms with Crippen LogP contribution in [0.3, 0.4) is 0 Å². The molecule has 1 aromatic carbocycles. The molecule has 0 spiro atoms. The van der Waals surface area contributed by atoms with Crippen LogP contribution in [0.15, 0.2) is 33.9 Å². The monoisotopic (exact) mass is 378 g/mol. The van der Waals surface area contributed by atoms with Crippen molar-refractivity contribution in [2.75, 3.05) is 31.1 Å². The molecule has 3 heterocycles. The van der Waals surface area contributed by atoms with Gasteiger partial charge in [0, 0.05) is 32.2 Å². The van der Waals surface area contributed by atoms with Gasteiger partial charge in [-0.15, -0.1) is 6.42 Å². The second-order valence-corrected chi connectivity index (χ2v) is 6.88. The maximum atomic E-state index is 12.7. The Morgan fingerprint density at radius 3 is 2.86 bits per heavy atom. The first-order valence-corrected chi connectivity index (χ1v) is 9.30. The molecule has 2 N–H and O–H groups in total. The molecule has 8 heteroatoms. The molecule has 0 atom stereocenters. The number of nitrogens with one attached hydrogen (secondary N) is 2. The third-order valence-electron chi connectivity index (χ3n) is 5.11. The van der Waals surface area contributed by atoms with E-state index < -0.39 is 11.2 Å². The number of H-pyrrole nitrogens is 1. The van der Waals surface area contributed by atoms with Gasteiger partial charge in [0.1, 0.15) is 0 Å². The lowest BCUT2D eigenvalue weighted by Gasteiger charge is -2.22. The summed E-state index contributed by atoms with van der Waals surface area (Å²) in [4.78, 5) is 34.0. The quantitative estimate of drug-likeness (QED) is 0.638. The topological polar surface area (TPSA) is 88.0 Å². The number of rotatable bonds is 3. The molecule has 1 fully saturated rings. The van der Waals surface area contributed by atoms with Gasteiger partial charge in [-0.2, -0.15) is 4.98 Å². The van der Waals surface area contributed by atoms with Crippen molar-refractivity contribution >= 4 is 17.1 Å². The van der Waals surface area contributed by atoms with E-state index in [1.807, 2.05) is 28.8 Å². The van der Waals surface area contributed by atoms with Gasteiger partial charge < -0.3 is 10.2 Å². The highest BCUT2D eigenvalue weighted by Crippen LogP contribution is 2.22. The minimum Gasteiger partial charge on any atom is -0.341 e. The van der Waals surface area contributed by atoms with Gasteiger partial charge >= 0.3 is 5.69 Å². The van der Waals surface area contributed by atoms with Crippen molar-refractivity contribution in [2.45, 2.75) is 13.0 Å². The van der Waals surface area contributed by atoms with Crippen LogP contribution in [-0.4, -0.2) is 45.3 Å². The molecular weight excluding hydrogens is 356 g/mol. The van der Waals surface area contributed by atoms with Crippen molar-refractivity contribution in [3.63, 3.8) is 0 Å². The highest BCUT2D eigenvalue weighted by molar-refractivity contribution is 5.74. The molecule has 28 heavy (non-hydrogen) atoms. The van der Waals surface area contributed by atoms with Crippen LogP contribution in [-0.2, 0) is 13.6 Å². The van der Waals surface area contributed by atoms with E-state index in [1.165, 1.54) is 4.57 Å². The summed E-state index contributed by atoms with van der Waals surface area (Å²) in [6.45, 7) is 3.76. The van der Waals surface area contributed by atoms with Gasteiger partial charge in [0.2, 0.25) is 5.95 Å². The average molecular weight is 378 g/mol. The summed E-state index contributed by atoms with van der Waals surface area (Å²) in [6.07, 6.45) is 6.63. The smallest absolute Gasteiger partial charge is 0.329 e. The number of imidazole rings is 1. The predicted molar refractivity (Wildman–Crippen MR) is 109 cm³/mol. The number of benzene rings is 1. The maximum Gasteiger partial charge on any atom is 0.329 e. The van der Waals surface area contributed by atoms with Crippen molar-refractivity contribution in [1.29, 1.82) is 0 Å². The molecule has 2 aromatic heterocycles. The second kappa shape index (κ2) is 7.37. The molecule has 0 amide bonds. The van der Waals surface area contributed by atoms with E-state index in [4.69, 9.17) is 11.4 Å². The van der Waals surface area contributed by atoms with Crippen molar-refractivity contribution in [3.8, 4) is 12.3 Å². The number of aromatic nitrogens is 4. The molecule has 1 aliphatic heterocycles. The van der Waals surface area contributed by atoms with Crippen LogP contribution in [0.25, 0.3) is 11.2 Å². The second-order valence-electron chi connectivity index (χ2n) is 6.88. The van der Waals surface area contributed by atoms with Gasteiger partial charge in [-0.3, -0.25) is 18.9 Å². The van der Waals surface area contributed by atoms with Crippen molar-refractivity contribution in [2.24, 2.45) is 7.05 Å². The Bertz CT molecular complexity index is 1170. The van der Waals surface area contributed by atoms with Gasteiger partial charge in [-0.25, -0.2) is 4.79 Å². The van der Waals surface area contributed by atoms with E-state index in [9.17, 15) is 9.59 Å². The van der Waals surface area contributed by atoms with Crippen molar-refractivity contribution < 1.29 is 0 Å². The normalized spacial score (nSPS) is 14.8. The van der Waals surface area contributed by atoms with Crippen LogP contribution in [0.1, 0.15) is 17.5 Å². The first-order valence-electron chi connectivity index (χ1n) is 9.30. The van der Waals surface area contributed by atoms with Crippen LogP contribution >= 0.6 is 0 Å². The molecule has 0 unspecified atom stereocenters. The molecule has 3 aromatic rings. The van der Waals surface area contributed by atoms with Gasteiger partial charge in [-0.05, 0) is 24.6 Å². The van der Waals surface area contributed by atoms with Crippen LogP contribution < -0.4 is 21.5 Å². The molecule has 0 radical (unpaired) electrons. The summed E-state index contributed by atoms with van der Waals surface area (Å²) in [6, 6.07) is 7.64. The fraction of sp³-hybridized carbons (Fsp3) is 0.350. The number of anilines is 1. The highest BCUT2D eigenvalue weighted by atomic mass is 16.2. The number of hydrogen-bond acceptors (Lipinski definition) is 5. The molecule has 8 nitrogen and oxygen atoms in total. The number of aryl methyl sites for hydroxylation is 1. The van der Waals surface area contributed by atoms with E-state index in [2.05, 4.69) is 21.1 Å². The summed E-state index contributed by atoms with van der Waals surface area (Å²) < 4.78 is 3.25. The molecule has 0 bridgehead atoms. The van der Waals surface area contributed by atoms with Crippen LogP contribution in [0.4, 0.5) is 5.95 Å². The predicted octanol–water partition coefficient (Wildman–Crippen LogP) is 0.253. The van der Waals surface area contributed by atoms with Crippen LogP contribution in [0.5, 0.6) is 0 Å². The molecule has 1 saturated heterocycles. The Hall–Kier alpha value is -3.31. The zero-order chi connectivity index (χ0) is 19.7. The Kier molecular flexibility index (Phi) is 4.75. The zero-order valence-electron chi connectivity index (χ0n) is 15.7. The minimum atomic E-state index is -0.477. The fourth-order valence-corrected chi connectivity index (χ4v) is 3.63. The van der Waals surface area contributed by atoms with E-state index in [-0.39, 0.29) is 0 Å². The zero-order valence-corrected chi connectivity index (χ0v) is 15.7. The van der Waals surface area contributed by atoms with Crippen LogP contribution in [0.2, 0.25) is 0 Å². The Balaban J connectivity index is 1.95. The van der Waals surface area contributed by atoms with E-state index in [0.717, 1.165) is 43.7 Å². The lowest BCUT2D eigenvalue weighted by Crippen LogP contribution is -2.31. The largest absolute Gasteiger partial charge is 0.341 e. The van der Waals surface area contributed by atoms with E-state index in [1.54, 1.807) is 7.05 Å². The highest BCUT2D eigenvalue weighted by Gasteiger charge is 2.22. The lowest BCUT2D eigenvalue weighted by atomic mass is 10.1. The summed E-state index contributed by atoms with van der Waals surface area (Å²) >= 11 is 0. The lowest BCUT2D eigenvalue weighted by molar-refractivity contribution is 0.721. The van der Waals surface area contributed by atoms with E-state index in [0.29, 0.717) is 23.7 Å². The molecule has 4 rings (SSSR count). The van der Waals surface area contributed by atoms with Gasteiger partial charge in [0.05, 0.1) is 6.54 Å². The van der Waals surface area contributed by atoms with Crippen LogP contribution in [0, 0.1) is 12.3 Å². The molecule has 0 aliphatic carbocycles. The Morgan fingerprint density at radius 2 is 2.04 bits per heavy atom. The minimum absolute atomic E-state index is 0.374. The van der Waals surface area contributed by atoms with Crippen molar-refractivity contribution in [3.05, 3.63) is 56.2 Å². The van der Waals surface area contributed by atoms with E-state index >= 15 is 0 Å². The summed E-state index contributed by atoms with van der Waals surface area (Å²) in [5.41, 5.74) is 1.53. The third-order valence-corrected chi connectivity index (χ3v) is 5.11. The SMILES string of the molecule is C#Cc1ccccc1Cn1c(N2CCCNCC2)nc2c1c(=O)[nH]c(=O)n2C. The first-order chi connectivity index (χ1) is 13.6. The van der Waals surface area contributed by atoms with Gasteiger partial charge in [0.15, 0.2) is 11.2 Å². The number of aromatic amines is 1. The van der Waals surface area contributed by atoms with Gasteiger partial charge in [-0.1, -0.05) is 24.1 Å². The van der Waals surface area contributed by atoms with Gasteiger partial charge in [0.25, 0.3) is 5.56 Å². The molecular formula is C20H22N6O2. The standard InChI is InChI=1S/C20H22N6O2/c1-3-14-7-4-5-8-15(14)13-26-16-17(24(2)20(28)23-18(16)27)22-19(26)25-11-6-9-21-10-12-25/h1,4-5,7-8,21H,6,9-13H2,2H3,(H,23,27,28). The molecule has 0 saturated carbocycles. The Morgan fingerprint density at radius 1 is 1.21 bits per heavy atom. The summed E-state index contributed by atoms with van der Waals surface area (Å²) in [5, 5.41) is 3.37. The summed E-state index contributed by atoms with van der Waals surface area (Å²) in [7, 11) is 1.61. The third kappa shape index (κ3) is 3.10. The number of nitrogens with zero attached hydrogens (tertiary/aromatic N) is 4. The fourth-order valence-electron chi connectivity index (χ4n) is 3.63. The first kappa shape index (κ1) is 18.1. The maximum absolute atomic E-state index is 12.7. The average Bonchev–Trinajstić information content (AvgIpc) is 2.88. The summed E-state index contributed by atoms with van der Waals surface area (Å²) in [5.74, 6) is 3.38. The molecule has 144 valence electrons.